The van der Waals surface area contributed by atoms with Crippen molar-refractivity contribution in [1.82, 2.24) is 15.2 Å². The van der Waals surface area contributed by atoms with Crippen LogP contribution >= 0.6 is 11.6 Å². The number of amides is 3. The van der Waals surface area contributed by atoms with Gasteiger partial charge < -0.3 is 20.3 Å². The van der Waals surface area contributed by atoms with Gasteiger partial charge in [0.25, 0.3) is 0 Å². The SMILES string of the molecule is Cc1cc(NC(=O)NCCN2CCC(OC(=O)N(C)c3ccccc3Cl)CC2)c2ccccc2n1. The van der Waals surface area contributed by atoms with Crippen LogP contribution < -0.4 is 15.5 Å². The normalized spacial score (nSPS) is 14.5. The molecule has 184 valence electrons. The molecule has 0 atom stereocenters. The zero-order valence-electron chi connectivity index (χ0n) is 20.0. The zero-order chi connectivity index (χ0) is 24.8. The molecular formula is C26H30ClN5O3. The summed E-state index contributed by atoms with van der Waals surface area (Å²) in [6.45, 7) is 4.75. The number of hydrogen-bond acceptors (Lipinski definition) is 5. The maximum Gasteiger partial charge on any atom is 0.414 e. The standard InChI is InChI=1S/C26H30ClN5O3/c1-18-17-23(20-7-3-5-9-22(20)29-18)30-25(33)28-13-16-32-14-11-19(12-15-32)35-26(34)31(2)24-10-6-4-8-21(24)27/h3-10,17,19H,11-16H2,1-2H3,(H2,28,29,30,33). The third-order valence-corrected chi connectivity index (χ3v) is 6.42. The fourth-order valence-electron chi connectivity index (χ4n) is 4.20. The summed E-state index contributed by atoms with van der Waals surface area (Å²) in [6, 6.07) is 16.5. The molecule has 35 heavy (non-hydrogen) atoms. The van der Waals surface area contributed by atoms with Gasteiger partial charge in [-0.05, 0) is 44.0 Å². The van der Waals surface area contributed by atoms with Crippen molar-refractivity contribution in [2.75, 3.05) is 43.4 Å². The lowest BCUT2D eigenvalue weighted by molar-refractivity contribution is 0.0560. The smallest absolute Gasteiger partial charge is 0.414 e. The molecule has 0 aliphatic carbocycles. The van der Waals surface area contributed by atoms with Crippen LogP contribution in [0.25, 0.3) is 10.9 Å². The predicted molar refractivity (Wildman–Crippen MR) is 139 cm³/mol. The van der Waals surface area contributed by atoms with E-state index in [2.05, 4.69) is 20.5 Å². The Labute approximate surface area is 210 Å². The number of urea groups is 1. The summed E-state index contributed by atoms with van der Waals surface area (Å²) in [5.41, 5.74) is 3.07. The van der Waals surface area contributed by atoms with E-state index in [0.29, 0.717) is 17.3 Å². The summed E-state index contributed by atoms with van der Waals surface area (Å²) in [5.74, 6) is 0. The Bertz CT molecular complexity index is 1200. The van der Waals surface area contributed by atoms with Gasteiger partial charge in [-0.15, -0.1) is 0 Å². The first-order chi connectivity index (χ1) is 16.9. The summed E-state index contributed by atoms with van der Waals surface area (Å²) < 4.78 is 5.68. The molecule has 3 amide bonds. The summed E-state index contributed by atoms with van der Waals surface area (Å²) in [4.78, 5) is 33.2. The van der Waals surface area contributed by atoms with E-state index >= 15 is 0 Å². The molecule has 2 aromatic carbocycles. The van der Waals surface area contributed by atoms with Gasteiger partial charge in [0.05, 0.1) is 21.9 Å². The Morgan fingerprint density at radius 1 is 1.14 bits per heavy atom. The second kappa shape index (κ2) is 11.4. The van der Waals surface area contributed by atoms with Gasteiger partial charge in [0.1, 0.15) is 6.10 Å². The third kappa shape index (κ3) is 6.41. The number of benzene rings is 2. The Balaban J connectivity index is 1.19. The molecule has 2 N–H and O–H groups in total. The number of likely N-dealkylation sites (tertiary alicyclic amines) is 1. The molecule has 0 spiro atoms. The van der Waals surface area contributed by atoms with Gasteiger partial charge in [0.2, 0.25) is 0 Å². The minimum atomic E-state index is -0.409. The van der Waals surface area contributed by atoms with Crippen molar-refractivity contribution in [1.29, 1.82) is 0 Å². The number of ether oxygens (including phenoxy) is 1. The molecule has 1 aliphatic heterocycles. The van der Waals surface area contributed by atoms with Crippen LogP contribution in [0.2, 0.25) is 5.02 Å². The van der Waals surface area contributed by atoms with Crippen LogP contribution in [0.4, 0.5) is 21.0 Å². The van der Waals surface area contributed by atoms with Crippen molar-refractivity contribution in [3.8, 4) is 0 Å². The highest BCUT2D eigenvalue weighted by Crippen LogP contribution is 2.26. The number of hydrogen-bond donors (Lipinski definition) is 2. The van der Waals surface area contributed by atoms with Crippen LogP contribution in [0.1, 0.15) is 18.5 Å². The van der Waals surface area contributed by atoms with Crippen LogP contribution in [-0.2, 0) is 4.74 Å². The maximum absolute atomic E-state index is 12.5. The minimum absolute atomic E-state index is 0.136. The summed E-state index contributed by atoms with van der Waals surface area (Å²) in [7, 11) is 1.66. The van der Waals surface area contributed by atoms with Crippen LogP contribution in [0.5, 0.6) is 0 Å². The Morgan fingerprint density at radius 2 is 1.86 bits per heavy atom. The summed E-state index contributed by atoms with van der Waals surface area (Å²) >= 11 is 6.18. The highest BCUT2D eigenvalue weighted by molar-refractivity contribution is 6.33. The van der Waals surface area contributed by atoms with Gasteiger partial charge in [0.15, 0.2) is 0 Å². The van der Waals surface area contributed by atoms with Gasteiger partial charge in [-0.2, -0.15) is 0 Å². The zero-order valence-corrected chi connectivity index (χ0v) is 20.7. The largest absolute Gasteiger partial charge is 0.446 e. The predicted octanol–water partition coefficient (Wildman–Crippen LogP) is 5.06. The molecule has 3 aromatic rings. The van der Waals surface area contributed by atoms with Crippen LogP contribution in [0.3, 0.4) is 0 Å². The van der Waals surface area contributed by atoms with Gasteiger partial charge in [-0.3, -0.25) is 9.88 Å². The monoisotopic (exact) mass is 495 g/mol. The average molecular weight is 496 g/mol. The number of nitrogens with zero attached hydrogens (tertiary/aromatic N) is 3. The highest BCUT2D eigenvalue weighted by Gasteiger charge is 2.24. The molecule has 8 nitrogen and oxygen atoms in total. The number of piperidine rings is 1. The number of rotatable bonds is 6. The van der Waals surface area contributed by atoms with Crippen molar-refractivity contribution < 1.29 is 14.3 Å². The minimum Gasteiger partial charge on any atom is -0.446 e. The van der Waals surface area contributed by atoms with Crippen molar-refractivity contribution >= 4 is 46.0 Å². The summed E-state index contributed by atoms with van der Waals surface area (Å²) in [5, 5.41) is 7.28. The average Bonchev–Trinajstić information content (AvgIpc) is 2.85. The van der Waals surface area contributed by atoms with E-state index in [1.165, 1.54) is 4.90 Å². The first-order valence-electron chi connectivity index (χ1n) is 11.7. The molecule has 0 unspecified atom stereocenters. The van der Waals surface area contributed by atoms with Crippen LogP contribution in [0.15, 0.2) is 54.6 Å². The molecule has 1 aromatic heterocycles. The molecule has 1 aliphatic rings. The number of carbonyl (C=O) groups excluding carboxylic acids is 2. The number of carbonyl (C=O) groups is 2. The van der Waals surface area contributed by atoms with E-state index in [-0.39, 0.29) is 12.1 Å². The van der Waals surface area contributed by atoms with Crippen LogP contribution in [-0.4, -0.2) is 61.3 Å². The van der Waals surface area contributed by atoms with Gasteiger partial charge in [-0.1, -0.05) is 41.9 Å². The van der Waals surface area contributed by atoms with Crippen molar-refractivity contribution in [2.45, 2.75) is 25.9 Å². The second-order valence-electron chi connectivity index (χ2n) is 8.64. The topological polar surface area (TPSA) is 86.8 Å². The lowest BCUT2D eigenvalue weighted by atomic mass is 10.1. The Kier molecular flexibility index (Phi) is 8.05. The number of halogens is 1. The molecule has 0 bridgehead atoms. The molecule has 4 rings (SSSR count). The van der Waals surface area contributed by atoms with E-state index in [1.54, 1.807) is 19.2 Å². The number of aromatic nitrogens is 1. The molecular weight excluding hydrogens is 466 g/mol. The fourth-order valence-corrected chi connectivity index (χ4v) is 4.46. The first-order valence-corrected chi connectivity index (χ1v) is 12.1. The highest BCUT2D eigenvalue weighted by atomic mass is 35.5. The quantitative estimate of drug-likeness (QED) is 0.499. The maximum atomic E-state index is 12.5. The Hall–Kier alpha value is -3.36. The molecule has 0 radical (unpaired) electrons. The fraction of sp³-hybridized carbons (Fsp3) is 0.346. The second-order valence-corrected chi connectivity index (χ2v) is 9.05. The summed E-state index contributed by atoms with van der Waals surface area (Å²) in [6.07, 6.45) is 0.949. The molecule has 1 saturated heterocycles. The molecule has 9 heteroatoms. The van der Waals surface area contributed by atoms with E-state index in [9.17, 15) is 9.59 Å². The third-order valence-electron chi connectivity index (χ3n) is 6.10. The number of pyridine rings is 1. The van der Waals surface area contributed by atoms with Crippen molar-refractivity contribution in [3.63, 3.8) is 0 Å². The van der Waals surface area contributed by atoms with E-state index < -0.39 is 6.09 Å². The van der Waals surface area contributed by atoms with Crippen molar-refractivity contribution in [2.24, 2.45) is 0 Å². The number of fused-ring (bicyclic) bond motifs is 1. The van der Waals surface area contributed by atoms with Crippen LogP contribution in [0, 0.1) is 6.92 Å². The number of nitrogens with one attached hydrogen (secondary N) is 2. The molecule has 0 saturated carbocycles. The Morgan fingerprint density at radius 3 is 2.63 bits per heavy atom. The lowest BCUT2D eigenvalue weighted by Crippen LogP contribution is -2.43. The van der Waals surface area contributed by atoms with Gasteiger partial charge in [0, 0.05) is 44.3 Å². The molecule has 2 heterocycles. The number of aryl methyl sites for hydroxylation is 1. The first kappa shape index (κ1) is 24.8. The number of anilines is 2. The van der Waals surface area contributed by atoms with E-state index in [0.717, 1.165) is 54.8 Å². The lowest BCUT2D eigenvalue weighted by Gasteiger charge is -2.32. The molecule has 1 fully saturated rings. The number of para-hydroxylation sites is 2. The van der Waals surface area contributed by atoms with E-state index in [4.69, 9.17) is 16.3 Å². The van der Waals surface area contributed by atoms with Gasteiger partial charge in [-0.25, -0.2) is 9.59 Å². The van der Waals surface area contributed by atoms with Crippen molar-refractivity contribution in [3.05, 3.63) is 65.3 Å². The van der Waals surface area contributed by atoms with E-state index in [1.807, 2.05) is 49.4 Å². The van der Waals surface area contributed by atoms with Gasteiger partial charge >= 0.3 is 12.1 Å².